The summed E-state index contributed by atoms with van der Waals surface area (Å²) in [5.74, 6) is -0.431. The molecule has 0 aromatic heterocycles. The van der Waals surface area contributed by atoms with Crippen molar-refractivity contribution in [3.8, 4) is 0 Å². The molecule has 1 aliphatic heterocycles. The van der Waals surface area contributed by atoms with Gasteiger partial charge in [-0.05, 0) is 18.6 Å². The maximum absolute atomic E-state index is 12.8. The molecule has 156 valence electrons. The third-order valence-corrected chi connectivity index (χ3v) is 7.14. The predicted octanol–water partition coefficient (Wildman–Crippen LogP) is 1.93. The molecule has 1 heterocycles. The summed E-state index contributed by atoms with van der Waals surface area (Å²) >= 11 is 12.1. The van der Waals surface area contributed by atoms with E-state index in [1.54, 1.807) is 11.0 Å². The topological polar surface area (TPSA) is 98.8 Å². The largest absolute Gasteiger partial charge is 0.338 e. The number of urea groups is 1. The average Bonchev–Trinajstić information content (AvgIpc) is 2.62. The highest BCUT2D eigenvalue weighted by Crippen LogP contribution is 2.31. The number of nitrogens with one attached hydrogen (secondary N) is 2. The summed E-state index contributed by atoms with van der Waals surface area (Å²) in [4.78, 5) is 25.2. The van der Waals surface area contributed by atoms with Gasteiger partial charge in [-0.1, -0.05) is 42.6 Å². The Balaban J connectivity index is 1.87. The van der Waals surface area contributed by atoms with E-state index < -0.39 is 22.0 Å². The highest BCUT2D eigenvalue weighted by Gasteiger charge is 2.32. The number of carbonyl (C=O) groups excluding carboxylic acids is 2. The van der Waals surface area contributed by atoms with Gasteiger partial charge in [-0.2, -0.15) is 4.31 Å². The second-order valence-electron chi connectivity index (χ2n) is 6.39. The summed E-state index contributed by atoms with van der Waals surface area (Å²) in [5, 5.41) is 5.02. The number of nitrogens with zero attached hydrogens (tertiary/aromatic N) is 2. The van der Waals surface area contributed by atoms with Crippen LogP contribution >= 0.6 is 23.2 Å². The minimum Gasteiger partial charge on any atom is -0.338 e. The maximum Gasteiger partial charge on any atom is 0.321 e. The van der Waals surface area contributed by atoms with Gasteiger partial charge >= 0.3 is 6.03 Å². The fraction of sp³-hybridized carbons (Fsp3) is 0.529. The molecule has 1 aromatic carbocycles. The van der Waals surface area contributed by atoms with Gasteiger partial charge < -0.3 is 5.32 Å². The quantitative estimate of drug-likeness (QED) is 0.618. The second-order valence-corrected chi connectivity index (χ2v) is 9.08. The van der Waals surface area contributed by atoms with Crippen LogP contribution in [0.2, 0.25) is 10.0 Å². The normalized spacial score (nSPS) is 16.0. The summed E-state index contributed by atoms with van der Waals surface area (Å²) in [5.41, 5.74) is 0. The molecule has 2 rings (SSSR count). The Bertz CT molecular complexity index is 791. The first kappa shape index (κ1) is 22.9. The molecular weight excluding hydrogens is 427 g/mol. The van der Waals surface area contributed by atoms with Crippen molar-refractivity contribution in [2.75, 3.05) is 39.3 Å². The van der Waals surface area contributed by atoms with Crippen molar-refractivity contribution in [1.82, 2.24) is 19.8 Å². The van der Waals surface area contributed by atoms with Crippen molar-refractivity contribution in [3.63, 3.8) is 0 Å². The molecule has 0 radical (unpaired) electrons. The van der Waals surface area contributed by atoms with E-state index in [1.165, 1.54) is 16.4 Å². The summed E-state index contributed by atoms with van der Waals surface area (Å²) < 4.78 is 27.0. The number of carbonyl (C=O) groups is 2. The van der Waals surface area contributed by atoms with Crippen LogP contribution in [-0.2, 0) is 14.8 Å². The summed E-state index contributed by atoms with van der Waals surface area (Å²) in [6.45, 7) is 3.63. The summed E-state index contributed by atoms with van der Waals surface area (Å²) in [7, 11) is -3.83. The molecule has 0 unspecified atom stereocenters. The predicted molar refractivity (Wildman–Crippen MR) is 108 cm³/mol. The molecule has 3 amide bonds. The Morgan fingerprint density at radius 2 is 1.71 bits per heavy atom. The minimum absolute atomic E-state index is 0.0158. The molecule has 1 aliphatic rings. The van der Waals surface area contributed by atoms with Crippen LogP contribution in [0, 0.1) is 0 Å². The van der Waals surface area contributed by atoms with Gasteiger partial charge in [0.2, 0.25) is 15.9 Å². The molecule has 1 aromatic rings. The molecule has 0 atom stereocenters. The van der Waals surface area contributed by atoms with E-state index in [0.29, 0.717) is 19.6 Å². The molecule has 28 heavy (non-hydrogen) atoms. The highest BCUT2D eigenvalue weighted by atomic mass is 35.5. The van der Waals surface area contributed by atoms with E-state index in [-0.39, 0.29) is 34.6 Å². The molecule has 1 saturated heterocycles. The number of imide groups is 1. The number of amides is 3. The molecule has 11 heteroatoms. The van der Waals surface area contributed by atoms with Gasteiger partial charge in [0, 0.05) is 32.7 Å². The summed E-state index contributed by atoms with van der Waals surface area (Å²) in [6, 6.07) is 4.02. The first-order valence-electron chi connectivity index (χ1n) is 9.00. The standard InChI is InChI=1S/C17H24Cl2N4O4S/c1-2-3-7-20-17(25)21-15(24)12-22-8-10-23(11-9-22)28(26,27)16-13(18)5-4-6-14(16)19/h4-6H,2-3,7-12H2,1H3,(H2,20,21,24,25). The molecule has 0 aliphatic carbocycles. The van der Waals surface area contributed by atoms with E-state index >= 15 is 0 Å². The number of rotatable bonds is 7. The van der Waals surface area contributed by atoms with Gasteiger partial charge in [-0.3, -0.25) is 15.0 Å². The summed E-state index contributed by atoms with van der Waals surface area (Å²) in [6.07, 6.45) is 1.79. The van der Waals surface area contributed by atoms with Crippen LogP contribution in [0.5, 0.6) is 0 Å². The minimum atomic E-state index is -3.83. The van der Waals surface area contributed by atoms with Crippen molar-refractivity contribution < 1.29 is 18.0 Å². The monoisotopic (exact) mass is 450 g/mol. The Hall–Kier alpha value is -1.39. The van der Waals surface area contributed by atoms with Crippen LogP contribution in [0.1, 0.15) is 19.8 Å². The van der Waals surface area contributed by atoms with E-state index in [9.17, 15) is 18.0 Å². The molecule has 0 saturated carbocycles. The molecule has 2 N–H and O–H groups in total. The van der Waals surface area contributed by atoms with Crippen molar-refractivity contribution in [2.45, 2.75) is 24.7 Å². The molecular formula is C17H24Cl2N4O4S. The lowest BCUT2D eigenvalue weighted by molar-refractivity contribution is -0.121. The van der Waals surface area contributed by atoms with Crippen molar-refractivity contribution in [3.05, 3.63) is 28.2 Å². The third kappa shape index (κ3) is 6.05. The van der Waals surface area contributed by atoms with Crippen LogP contribution in [0.4, 0.5) is 4.79 Å². The number of sulfonamides is 1. The fourth-order valence-electron chi connectivity index (χ4n) is 2.78. The second kappa shape index (κ2) is 10.4. The molecule has 1 fully saturated rings. The van der Waals surface area contributed by atoms with Gasteiger partial charge in [0.25, 0.3) is 0 Å². The van der Waals surface area contributed by atoms with E-state index in [4.69, 9.17) is 23.2 Å². The zero-order valence-electron chi connectivity index (χ0n) is 15.6. The third-order valence-electron chi connectivity index (χ3n) is 4.28. The van der Waals surface area contributed by atoms with E-state index in [1.807, 2.05) is 6.92 Å². The fourth-order valence-corrected chi connectivity index (χ4v) is 5.29. The van der Waals surface area contributed by atoms with Crippen LogP contribution in [0.3, 0.4) is 0 Å². The van der Waals surface area contributed by atoms with Gasteiger partial charge in [-0.15, -0.1) is 0 Å². The Morgan fingerprint density at radius 1 is 1.11 bits per heavy atom. The first-order valence-corrected chi connectivity index (χ1v) is 11.2. The van der Waals surface area contributed by atoms with Gasteiger partial charge in [0.05, 0.1) is 16.6 Å². The Kier molecular flexibility index (Phi) is 8.51. The highest BCUT2D eigenvalue weighted by molar-refractivity contribution is 7.89. The number of unbranched alkanes of at least 4 members (excludes halogenated alkanes) is 1. The van der Waals surface area contributed by atoms with Gasteiger partial charge in [0.1, 0.15) is 4.90 Å². The van der Waals surface area contributed by atoms with Gasteiger partial charge in [-0.25, -0.2) is 13.2 Å². The van der Waals surface area contributed by atoms with Crippen LogP contribution in [0.25, 0.3) is 0 Å². The maximum atomic E-state index is 12.8. The van der Waals surface area contributed by atoms with E-state index in [2.05, 4.69) is 10.6 Å². The number of benzene rings is 1. The van der Waals surface area contributed by atoms with Crippen LogP contribution in [0.15, 0.2) is 23.1 Å². The number of hydrogen-bond acceptors (Lipinski definition) is 5. The van der Waals surface area contributed by atoms with E-state index in [0.717, 1.165) is 12.8 Å². The smallest absolute Gasteiger partial charge is 0.321 e. The molecule has 0 spiro atoms. The van der Waals surface area contributed by atoms with Gasteiger partial charge in [0.15, 0.2) is 0 Å². The zero-order chi connectivity index (χ0) is 20.7. The zero-order valence-corrected chi connectivity index (χ0v) is 17.9. The number of piperazine rings is 1. The number of halogens is 2. The van der Waals surface area contributed by atoms with Crippen LogP contribution in [-0.4, -0.2) is 68.8 Å². The van der Waals surface area contributed by atoms with Crippen LogP contribution < -0.4 is 10.6 Å². The lowest BCUT2D eigenvalue weighted by Gasteiger charge is -2.33. The molecule has 8 nitrogen and oxygen atoms in total. The Morgan fingerprint density at radius 3 is 2.29 bits per heavy atom. The van der Waals surface area contributed by atoms with Crippen molar-refractivity contribution in [1.29, 1.82) is 0 Å². The molecule has 0 bridgehead atoms. The lowest BCUT2D eigenvalue weighted by atomic mass is 10.3. The first-order chi connectivity index (χ1) is 13.3. The van der Waals surface area contributed by atoms with Crippen molar-refractivity contribution in [2.24, 2.45) is 0 Å². The Labute approximate surface area is 175 Å². The number of hydrogen-bond donors (Lipinski definition) is 2. The SMILES string of the molecule is CCCCNC(=O)NC(=O)CN1CCN(S(=O)(=O)c2c(Cl)cccc2Cl)CC1. The average molecular weight is 451 g/mol. The lowest BCUT2D eigenvalue weighted by Crippen LogP contribution is -2.52. The van der Waals surface area contributed by atoms with Crippen molar-refractivity contribution >= 4 is 45.2 Å².